The number of methoxy groups -OCH3 is 1. The van der Waals surface area contributed by atoms with Gasteiger partial charge in [-0.25, -0.2) is 0 Å². The highest BCUT2D eigenvalue weighted by atomic mass is 16.5. The fourth-order valence-corrected chi connectivity index (χ4v) is 1.15. The molecular formula is C12H21NO. The fraction of sp³-hybridized carbons (Fsp3) is 0.500. The highest BCUT2D eigenvalue weighted by molar-refractivity contribution is 5.53. The normalized spacial score (nSPS) is 8.64. The summed E-state index contributed by atoms with van der Waals surface area (Å²) in [4.78, 5) is 0. The summed E-state index contributed by atoms with van der Waals surface area (Å²) >= 11 is 0. The zero-order valence-electron chi connectivity index (χ0n) is 9.85. The van der Waals surface area contributed by atoms with Gasteiger partial charge >= 0.3 is 0 Å². The molecule has 0 atom stereocenters. The highest BCUT2D eigenvalue weighted by Gasteiger charge is 1.97. The van der Waals surface area contributed by atoms with Gasteiger partial charge in [0.05, 0.1) is 7.11 Å². The van der Waals surface area contributed by atoms with Gasteiger partial charge in [-0.1, -0.05) is 13.8 Å². The van der Waals surface area contributed by atoms with Gasteiger partial charge in [0.1, 0.15) is 5.75 Å². The minimum absolute atomic E-state index is 0.911. The van der Waals surface area contributed by atoms with E-state index in [-0.39, 0.29) is 0 Å². The third-order valence-corrected chi connectivity index (χ3v) is 1.80. The molecule has 0 aliphatic carbocycles. The third-order valence-electron chi connectivity index (χ3n) is 1.80. The largest absolute Gasteiger partial charge is 0.497 e. The van der Waals surface area contributed by atoms with E-state index in [1.807, 2.05) is 32.0 Å². The maximum atomic E-state index is 5.10. The monoisotopic (exact) mass is 195 g/mol. The average molecular weight is 195 g/mol. The lowest BCUT2D eigenvalue weighted by Gasteiger charge is -2.08. The predicted octanol–water partition coefficient (Wildman–Crippen LogP) is 3.46. The molecule has 0 saturated carbocycles. The van der Waals surface area contributed by atoms with Gasteiger partial charge in [-0.3, -0.25) is 0 Å². The summed E-state index contributed by atoms with van der Waals surface area (Å²) in [7, 11) is 1.68. The van der Waals surface area contributed by atoms with Crippen molar-refractivity contribution >= 4 is 5.69 Å². The van der Waals surface area contributed by atoms with E-state index in [9.17, 15) is 0 Å². The second-order valence-electron chi connectivity index (χ2n) is 2.71. The molecule has 0 aliphatic heterocycles. The molecule has 0 heterocycles. The first-order chi connectivity index (χ1) is 6.77. The van der Waals surface area contributed by atoms with E-state index in [0.717, 1.165) is 12.3 Å². The summed E-state index contributed by atoms with van der Waals surface area (Å²) in [5.74, 6) is 0.911. The van der Waals surface area contributed by atoms with Crippen LogP contribution in [0, 0.1) is 6.92 Å². The Bertz CT molecular complexity index is 258. The van der Waals surface area contributed by atoms with E-state index >= 15 is 0 Å². The van der Waals surface area contributed by atoms with E-state index in [2.05, 4.69) is 19.2 Å². The zero-order valence-corrected chi connectivity index (χ0v) is 9.85. The van der Waals surface area contributed by atoms with Crippen LogP contribution < -0.4 is 10.1 Å². The SMILES string of the molecule is CC.CCNc1ccc(OC)cc1C. The molecular weight excluding hydrogens is 174 g/mol. The van der Waals surface area contributed by atoms with Gasteiger partial charge in [-0.15, -0.1) is 0 Å². The number of hydrogen-bond acceptors (Lipinski definition) is 2. The molecule has 0 fully saturated rings. The number of anilines is 1. The van der Waals surface area contributed by atoms with Crippen molar-refractivity contribution in [2.45, 2.75) is 27.7 Å². The van der Waals surface area contributed by atoms with Crippen molar-refractivity contribution in [1.29, 1.82) is 0 Å². The van der Waals surface area contributed by atoms with Crippen molar-refractivity contribution in [2.24, 2.45) is 0 Å². The molecule has 1 rings (SSSR count). The summed E-state index contributed by atoms with van der Waals surface area (Å²) < 4.78 is 5.10. The maximum absolute atomic E-state index is 5.10. The summed E-state index contributed by atoms with van der Waals surface area (Å²) in [6, 6.07) is 6.03. The number of hydrogen-bond donors (Lipinski definition) is 1. The van der Waals surface area contributed by atoms with Crippen molar-refractivity contribution in [1.82, 2.24) is 0 Å². The molecule has 14 heavy (non-hydrogen) atoms. The van der Waals surface area contributed by atoms with Gasteiger partial charge in [0, 0.05) is 12.2 Å². The molecule has 0 aromatic heterocycles. The molecule has 0 saturated heterocycles. The van der Waals surface area contributed by atoms with E-state index < -0.39 is 0 Å². The maximum Gasteiger partial charge on any atom is 0.119 e. The standard InChI is InChI=1S/C10H15NO.C2H6/c1-4-11-10-6-5-9(12-3)7-8(10)2;1-2/h5-7,11H,4H2,1-3H3;1-2H3. The Hall–Kier alpha value is -1.18. The van der Waals surface area contributed by atoms with Gasteiger partial charge in [0.25, 0.3) is 0 Å². The van der Waals surface area contributed by atoms with Crippen molar-refractivity contribution in [3.63, 3.8) is 0 Å². The van der Waals surface area contributed by atoms with Gasteiger partial charge in [-0.05, 0) is 37.6 Å². The Balaban J connectivity index is 0.000000791. The Morgan fingerprint density at radius 2 is 1.93 bits per heavy atom. The second-order valence-corrected chi connectivity index (χ2v) is 2.71. The average Bonchev–Trinajstić information content (AvgIpc) is 2.24. The highest BCUT2D eigenvalue weighted by Crippen LogP contribution is 2.20. The topological polar surface area (TPSA) is 21.3 Å². The number of nitrogens with one attached hydrogen (secondary N) is 1. The molecule has 2 heteroatoms. The Morgan fingerprint density at radius 1 is 1.29 bits per heavy atom. The van der Waals surface area contributed by atoms with Crippen LogP contribution in [0.4, 0.5) is 5.69 Å². The summed E-state index contributed by atoms with van der Waals surface area (Å²) in [5.41, 5.74) is 2.40. The zero-order chi connectivity index (χ0) is 11.0. The third kappa shape index (κ3) is 3.69. The van der Waals surface area contributed by atoms with Gasteiger partial charge < -0.3 is 10.1 Å². The lowest BCUT2D eigenvalue weighted by Crippen LogP contribution is -1.98. The molecule has 0 spiro atoms. The van der Waals surface area contributed by atoms with E-state index in [1.54, 1.807) is 7.11 Å². The Morgan fingerprint density at radius 3 is 2.36 bits per heavy atom. The van der Waals surface area contributed by atoms with Crippen LogP contribution in [0.3, 0.4) is 0 Å². The minimum Gasteiger partial charge on any atom is -0.497 e. The van der Waals surface area contributed by atoms with Crippen LogP contribution in [-0.4, -0.2) is 13.7 Å². The Kier molecular flexibility index (Phi) is 6.63. The second kappa shape index (κ2) is 7.25. The first kappa shape index (κ1) is 12.8. The van der Waals surface area contributed by atoms with Crippen molar-refractivity contribution in [3.05, 3.63) is 23.8 Å². The van der Waals surface area contributed by atoms with Gasteiger partial charge in [0.15, 0.2) is 0 Å². The molecule has 0 unspecified atom stereocenters. The lowest BCUT2D eigenvalue weighted by atomic mass is 10.2. The molecule has 2 nitrogen and oxygen atoms in total. The fourth-order valence-electron chi connectivity index (χ4n) is 1.15. The summed E-state index contributed by atoms with van der Waals surface area (Å²) in [6.07, 6.45) is 0. The van der Waals surface area contributed by atoms with E-state index in [0.29, 0.717) is 0 Å². The van der Waals surface area contributed by atoms with Crippen LogP contribution in [0.15, 0.2) is 18.2 Å². The summed E-state index contributed by atoms with van der Waals surface area (Å²) in [6.45, 7) is 9.11. The lowest BCUT2D eigenvalue weighted by molar-refractivity contribution is 0.414. The number of ether oxygens (including phenoxy) is 1. The smallest absolute Gasteiger partial charge is 0.119 e. The summed E-state index contributed by atoms with van der Waals surface area (Å²) in [5, 5.41) is 3.27. The van der Waals surface area contributed by atoms with Crippen LogP contribution >= 0.6 is 0 Å². The molecule has 0 aliphatic rings. The molecule has 1 aromatic carbocycles. The van der Waals surface area contributed by atoms with Crippen molar-refractivity contribution < 1.29 is 4.74 Å². The number of benzene rings is 1. The molecule has 0 amide bonds. The van der Waals surface area contributed by atoms with E-state index in [4.69, 9.17) is 4.74 Å². The number of aryl methyl sites for hydroxylation is 1. The number of rotatable bonds is 3. The minimum atomic E-state index is 0.911. The molecule has 80 valence electrons. The Labute approximate surface area is 87.3 Å². The first-order valence-electron chi connectivity index (χ1n) is 5.16. The molecule has 1 aromatic rings. The van der Waals surface area contributed by atoms with Gasteiger partial charge in [0.2, 0.25) is 0 Å². The van der Waals surface area contributed by atoms with Crippen molar-refractivity contribution in [2.75, 3.05) is 19.0 Å². The van der Waals surface area contributed by atoms with Gasteiger partial charge in [-0.2, -0.15) is 0 Å². The van der Waals surface area contributed by atoms with Crippen LogP contribution in [0.25, 0.3) is 0 Å². The van der Waals surface area contributed by atoms with Crippen LogP contribution in [0.5, 0.6) is 5.75 Å². The first-order valence-corrected chi connectivity index (χ1v) is 5.16. The molecule has 0 bridgehead atoms. The molecule has 0 radical (unpaired) electrons. The predicted molar refractivity (Wildman–Crippen MR) is 63.2 cm³/mol. The quantitative estimate of drug-likeness (QED) is 0.797. The molecule has 1 N–H and O–H groups in total. The van der Waals surface area contributed by atoms with E-state index in [1.165, 1.54) is 11.3 Å². The van der Waals surface area contributed by atoms with Crippen LogP contribution in [0.2, 0.25) is 0 Å². The van der Waals surface area contributed by atoms with Crippen molar-refractivity contribution in [3.8, 4) is 5.75 Å². The van der Waals surface area contributed by atoms with Crippen LogP contribution in [-0.2, 0) is 0 Å². The van der Waals surface area contributed by atoms with Crippen LogP contribution in [0.1, 0.15) is 26.3 Å².